The standard InChI is InChI=1S/C56H42N4/c1-3-59-51-31-27-43(35-49(51)57-55(59)39-21-13-7-14-22-39)41-25-29-45-47(33-41)53(37-17-9-5-10-18-37)46-30-26-42(34-48(46)54(45)38-19-11-6-12-20-38)44-28-32-52-50(36-44)58-56(60(52)4-2)40-23-15-8-16-24-40/h5-36H,3-4H2,1-2H3. The number of hydrogen-bond donors (Lipinski definition) is 0. The van der Waals surface area contributed by atoms with E-state index in [4.69, 9.17) is 9.97 Å². The molecule has 0 atom stereocenters. The van der Waals surface area contributed by atoms with Crippen LogP contribution in [0.3, 0.4) is 0 Å². The number of hydrogen-bond acceptors (Lipinski definition) is 2. The van der Waals surface area contributed by atoms with Crippen molar-refractivity contribution in [2.75, 3.05) is 0 Å². The summed E-state index contributed by atoms with van der Waals surface area (Å²) < 4.78 is 4.62. The molecule has 2 aromatic heterocycles. The van der Waals surface area contributed by atoms with Crippen molar-refractivity contribution >= 4 is 43.6 Å². The van der Waals surface area contributed by atoms with E-state index in [2.05, 4.69) is 217 Å². The predicted octanol–water partition coefficient (Wildman–Crippen LogP) is 14.7. The molecule has 0 fully saturated rings. The van der Waals surface area contributed by atoms with Crippen molar-refractivity contribution in [3.8, 4) is 67.3 Å². The van der Waals surface area contributed by atoms with Crippen LogP contribution < -0.4 is 0 Å². The molecule has 4 heteroatoms. The SMILES string of the molecule is CCn1c(-c2ccccc2)nc2cc(-c3ccc4c(-c5ccccc5)c5cc(-c6ccc7c(c6)nc(-c6ccccc6)n7CC)ccc5c(-c5ccccc5)c4c3)ccc21. The lowest BCUT2D eigenvalue weighted by Crippen LogP contribution is -1.97. The van der Waals surface area contributed by atoms with E-state index >= 15 is 0 Å². The normalized spacial score (nSPS) is 11.6. The van der Waals surface area contributed by atoms with Gasteiger partial charge < -0.3 is 9.13 Å². The lowest BCUT2D eigenvalue weighted by molar-refractivity contribution is 0.796. The van der Waals surface area contributed by atoms with Crippen molar-refractivity contribution in [2.45, 2.75) is 26.9 Å². The van der Waals surface area contributed by atoms with Crippen LogP contribution >= 0.6 is 0 Å². The van der Waals surface area contributed by atoms with Gasteiger partial charge in [-0.15, -0.1) is 0 Å². The van der Waals surface area contributed by atoms with Crippen molar-refractivity contribution in [1.29, 1.82) is 0 Å². The summed E-state index contributed by atoms with van der Waals surface area (Å²) in [5.41, 5.74) is 16.1. The van der Waals surface area contributed by atoms with Crippen molar-refractivity contribution in [1.82, 2.24) is 19.1 Å². The van der Waals surface area contributed by atoms with E-state index in [-0.39, 0.29) is 0 Å². The van der Waals surface area contributed by atoms with Crippen LogP contribution in [0, 0.1) is 0 Å². The first kappa shape index (κ1) is 35.6. The Hall–Kier alpha value is -7.56. The Morgan fingerprint density at radius 2 is 0.650 bits per heavy atom. The van der Waals surface area contributed by atoms with Crippen molar-refractivity contribution in [3.63, 3.8) is 0 Å². The van der Waals surface area contributed by atoms with Gasteiger partial charge in [-0.3, -0.25) is 0 Å². The second-order valence-electron chi connectivity index (χ2n) is 15.5. The van der Waals surface area contributed by atoms with Crippen LogP contribution in [-0.4, -0.2) is 19.1 Å². The van der Waals surface area contributed by atoms with E-state index in [0.717, 1.165) is 69.1 Å². The highest BCUT2D eigenvalue weighted by Gasteiger charge is 2.20. The molecular weight excluding hydrogens is 729 g/mol. The fourth-order valence-corrected chi connectivity index (χ4v) is 9.29. The second-order valence-corrected chi connectivity index (χ2v) is 15.5. The van der Waals surface area contributed by atoms with Crippen LogP contribution in [0.1, 0.15) is 13.8 Å². The minimum Gasteiger partial charge on any atom is -0.324 e. The Kier molecular flexibility index (Phi) is 8.70. The minimum atomic E-state index is 0.848. The Labute approximate surface area is 349 Å². The molecule has 2 heterocycles. The Balaban J connectivity index is 1.12. The van der Waals surface area contributed by atoms with Gasteiger partial charge in [0.25, 0.3) is 0 Å². The van der Waals surface area contributed by atoms with E-state index in [1.807, 2.05) is 0 Å². The number of nitrogens with zero attached hydrogens (tertiary/aromatic N) is 4. The molecule has 0 spiro atoms. The largest absolute Gasteiger partial charge is 0.324 e. The highest BCUT2D eigenvalue weighted by Crippen LogP contribution is 2.46. The molecule has 0 radical (unpaired) electrons. The summed E-state index contributed by atoms with van der Waals surface area (Å²) in [6.07, 6.45) is 0. The average Bonchev–Trinajstić information content (AvgIpc) is 3.89. The fraction of sp³-hybridized carbons (Fsp3) is 0.0714. The van der Waals surface area contributed by atoms with Crippen LogP contribution in [-0.2, 0) is 13.1 Å². The molecule has 0 aliphatic carbocycles. The average molecular weight is 771 g/mol. The molecule has 60 heavy (non-hydrogen) atoms. The third-order valence-corrected chi connectivity index (χ3v) is 12.1. The van der Waals surface area contributed by atoms with Crippen LogP contribution in [0.25, 0.3) is 111 Å². The molecular formula is C56H42N4. The Morgan fingerprint density at radius 3 is 1.02 bits per heavy atom. The van der Waals surface area contributed by atoms with Crippen LogP contribution in [0.15, 0.2) is 194 Å². The summed E-state index contributed by atoms with van der Waals surface area (Å²) in [6.45, 7) is 6.08. The first-order valence-corrected chi connectivity index (χ1v) is 20.9. The zero-order valence-electron chi connectivity index (χ0n) is 33.7. The van der Waals surface area contributed by atoms with Crippen LogP contribution in [0.2, 0.25) is 0 Å². The molecule has 0 aliphatic rings. The first-order valence-electron chi connectivity index (χ1n) is 20.9. The summed E-state index contributed by atoms with van der Waals surface area (Å²) in [5.74, 6) is 2.00. The number of rotatable bonds is 8. The van der Waals surface area contributed by atoms with E-state index in [1.165, 1.54) is 54.9 Å². The second kappa shape index (κ2) is 14.7. The number of fused-ring (bicyclic) bond motifs is 4. The zero-order chi connectivity index (χ0) is 40.2. The van der Waals surface area contributed by atoms with Gasteiger partial charge in [-0.05, 0) is 116 Å². The molecule has 0 bridgehead atoms. The number of aromatic nitrogens is 4. The third kappa shape index (κ3) is 5.91. The molecule has 11 rings (SSSR count). The first-order chi connectivity index (χ1) is 29.7. The van der Waals surface area contributed by atoms with E-state index in [9.17, 15) is 0 Å². The fourth-order valence-electron chi connectivity index (χ4n) is 9.29. The Morgan fingerprint density at radius 1 is 0.317 bits per heavy atom. The molecule has 9 aromatic carbocycles. The van der Waals surface area contributed by atoms with Gasteiger partial charge in [-0.1, -0.05) is 158 Å². The van der Waals surface area contributed by atoms with Gasteiger partial charge in [-0.2, -0.15) is 0 Å². The van der Waals surface area contributed by atoms with Crippen LogP contribution in [0.4, 0.5) is 0 Å². The van der Waals surface area contributed by atoms with Crippen LogP contribution in [0.5, 0.6) is 0 Å². The molecule has 0 aliphatic heterocycles. The van der Waals surface area contributed by atoms with Crippen molar-refractivity contribution in [3.05, 3.63) is 194 Å². The minimum absolute atomic E-state index is 0.848. The molecule has 286 valence electrons. The molecule has 4 nitrogen and oxygen atoms in total. The highest BCUT2D eigenvalue weighted by molar-refractivity contribution is 6.22. The van der Waals surface area contributed by atoms with E-state index in [1.54, 1.807) is 0 Å². The van der Waals surface area contributed by atoms with Crippen molar-refractivity contribution in [2.24, 2.45) is 0 Å². The number of benzene rings is 9. The number of imidazole rings is 2. The molecule has 0 saturated carbocycles. The molecule has 0 unspecified atom stereocenters. The maximum absolute atomic E-state index is 5.19. The molecule has 0 saturated heterocycles. The molecule has 0 amide bonds. The summed E-state index contributed by atoms with van der Waals surface area (Å²) in [5, 5.41) is 4.89. The maximum atomic E-state index is 5.19. The Bertz CT molecular complexity index is 3130. The zero-order valence-corrected chi connectivity index (χ0v) is 33.7. The smallest absolute Gasteiger partial charge is 0.141 e. The van der Waals surface area contributed by atoms with Crippen molar-refractivity contribution < 1.29 is 0 Å². The van der Waals surface area contributed by atoms with Gasteiger partial charge in [0.2, 0.25) is 0 Å². The maximum Gasteiger partial charge on any atom is 0.141 e. The van der Waals surface area contributed by atoms with Gasteiger partial charge >= 0.3 is 0 Å². The monoisotopic (exact) mass is 770 g/mol. The summed E-state index contributed by atoms with van der Waals surface area (Å²) in [6, 6.07) is 70.3. The van der Waals surface area contributed by atoms with Gasteiger partial charge in [0.15, 0.2) is 0 Å². The molecule has 0 N–H and O–H groups in total. The number of aryl methyl sites for hydroxylation is 2. The van der Waals surface area contributed by atoms with Gasteiger partial charge in [0.1, 0.15) is 11.6 Å². The third-order valence-electron chi connectivity index (χ3n) is 12.1. The summed E-state index contributed by atoms with van der Waals surface area (Å²) in [4.78, 5) is 10.4. The predicted molar refractivity (Wildman–Crippen MR) is 252 cm³/mol. The summed E-state index contributed by atoms with van der Waals surface area (Å²) in [7, 11) is 0. The highest BCUT2D eigenvalue weighted by atomic mass is 15.1. The topological polar surface area (TPSA) is 35.6 Å². The van der Waals surface area contributed by atoms with Gasteiger partial charge in [0.05, 0.1) is 22.1 Å². The molecule has 11 aromatic rings. The van der Waals surface area contributed by atoms with Gasteiger partial charge in [-0.25, -0.2) is 9.97 Å². The lowest BCUT2D eigenvalue weighted by Gasteiger charge is -2.19. The van der Waals surface area contributed by atoms with Gasteiger partial charge in [0, 0.05) is 24.2 Å². The lowest BCUT2D eigenvalue weighted by atomic mass is 9.84. The van der Waals surface area contributed by atoms with E-state index in [0.29, 0.717) is 0 Å². The quantitative estimate of drug-likeness (QED) is 0.144. The summed E-state index contributed by atoms with van der Waals surface area (Å²) >= 11 is 0. The van der Waals surface area contributed by atoms with E-state index < -0.39 is 0 Å².